The maximum absolute atomic E-state index is 12.4. The molecule has 0 spiro atoms. The number of hydrogen-bond acceptors (Lipinski definition) is 6. The molecular weight excluding hydrogens is 344 g/mol. The van der Waals surface area contributed by atoms with E-state index in [-0.39, 0.29) is 12.5 Å². The molecule has 27 heavy (non-hydrogen) atoms. The first-order valence-electron chi connectivity index (χ1n) is 8.80. The second-order valence-corrected chi connectivity index (χ2v) is 6.17. The maximum atomic E-state index is 12.4. The number of imidazole rings is 1. The number of hydrogen-bond donors (Lipinski definition) is 0. The van der Waals surface area contributed by atoms with Crippen LogP contribution in [0.4, 0.5) is 5.82 Å². The number of carbonyl (C=O) groups excluding carboxylic acids is 1. The summed E-state index contributed by atoms with van der Waals surface area (Å²) in [6, 6.07) is 11.3. The van der Waals surface area contributed by atoms with Gasteiger partial charge in [0.1, 0.15) is 30.0 Å². The van der Waals surface area contributed by atoms with E-state index >= 15 is 0 Å². The smallest absolute Gasteiger partial charge is 0.260 e. The third kappa shape index (κ3) is 4.05. The van der Waals surface area contributed by atoms with Crippen LogP contribution in [0.25, 0.3) is 5.82 Å². The van der Waals surface area contributed by atoms with Crippen LogP contribution in [-0.4, -0.2) is 63.1 Å². The normalized spacial score (nSPS) is 14.2. The van der Waals surface area contributed by atoms with Gasteiger partial charge >= 0.3 is 0 Å². The lowest BCUT2D eigenvalue weighted by Crippen LogP contribution is -2.50. The lowest BCUT2D eigenvalue weighted by atomic mass is 10.3. The summed E-state index contributed by atoms with van der Waals surface area (Å²) < 4.78 is 7.39. The van der Waals surface area contributed by atoms with Crippen LogP contribution in [0.2, 0.25) is 0 Å². The van der Waals surface area contributed by atoms with Crippen molar-refractivity contribution >= 4 is 11.7 Å². The summed E-state index contributed by atoms with van der Waals surface area (Å²) in [4.78, 5) is 29.0. The summed E-state index contributed by atoms with van der Waals surface area (Å²) in [6.07, 6.45) is 6.81. The Balaban J connectivity index is 1.32. The Morgan fingerprint density at radius 1 is 1.04 bits per heavy atom. The van der Waals surface area contributed by atoms with Crippen LogP contribution in [0, 0.1) is 0 Å². The van der Waals surface area contributed by atoms with Gasteiger partial charge in [0.05, 0.1) is 0 Å². The number of carbonyl (C=O) groups is 1. The number of benzene rings is 1. The minimum Gasteiger partial charge on any atom is -0.484 e. The Labute approximate surface area is 157 Å². The average molecular weight is 364 g/mol. The quantitative estimate of drug-likeness (QED) is 0.681. The molecule has 0 N–H and O–H groups in total. The fourth-order valence-corrected chi connectivity index (χ4v) is 2.98. The molecular formula is C19H20N6O2. The lowest BCUT2D eigenvalue weighted by molar-refractivity contribution is -0.133. The molecule has 3 aromatic rings. The van der Waals surface area contributed by atoms with Crippen LogP contribution in [-0.2, 0) is 4.79 Å². The van der Waals surface area contributed by atoms with Gasteiger partial charge in [-0.25, -0.2) is 15.0 Å². The van der Waals surface area contributed by atoms with Crippen molar-refractivity contribution in [1.82, 2.24) is 24.4 Å². The molecule has 0 aliphatic carbocycles. The second-order valence-electron chi connectivity index (χ2n) is 6.17. The predicted molar refractivity (Wildman–Crippen MR) is 99.9 cm³/mol. The molecule has 1 amide bonds. The van der Waals surface area contributed by atoms with E-state index < -0.39 is 0 Å². The number of rotatable bonds is 5. The molecule has 1 aliphatic rings. The van der Waals surface area contributed by atoms with E-state index in [1.807, 2.05) is 52.1 Å². The minimum atomic E-state index is 0.000273. The summed E-state index contributed by atoms with van der Waals surface area (Å²) >= 11 is 0. The first kappa shape index (κ1) is 17.0. The summed E-state index contributed by atoms with van der Waals surface area (Å²) in [7, 11) is 0. The summed E-state index contributed by atoms with van der Waals surface area (Å²) in [5.74, 6) is 2.33. The van der Waals surface area contributed by atoms with Gasteiger partial charge < -0.3 is 14.5 Å². The number of aromatic nitrogens is 4. The van der Waals surface area contributed by atoms with Gasteiger partial charge in [0, 0.05) is 44.6 Å². The predicted octanol–water partition coefficient (Wildman–Crippen LogP) is 1.39. The minimum absolute atomic E-state index is 0.000273. The first-order valence-corrected chi connectivity index (χ1v) is 8.80. The van der Waals surface area contributed by atoms with Crippen LogP contribution in [0.3, 0.4) is 0 Å². The molecule has 8 heteroatoms. The van der Waals surface area contributed by atoms with Gasteiger partial charge in [0.25, 0.3) is 5.91 Å². The summed E-state index contributed by atoms with van der Waals surface area (Å²) in [5, 5.41) is 0. The molecule has 1 aliphatic heterocycles. The van der Waals surface area contributed by atoms with E-state index in [9.17, 15) is 4.79 Å². The second kappa shape index (κ2) is 7.86. The van der Waals surface area contributed by atoms with Crippen LogP contribution in [0.15, 0.2) is 61.4 Å². The van der Waals surface area contributed by atoms with Crippen LogP contribution in [0.5, 0.6) is 5.75 Å². The maximum Gasteiger partial charge on any atom is 0.260 e. The standard InChI is InChI=1S/C19H20N6O2/c26-19(13-27-16-4-2-1-3-5-16)24-10-8-23(9-11-24)17-12-18(22-14-21-17)25-7-6-20-15-25/h1-7,12,14-15H,8-11,13H2. The van der Waals surface area contributed by atoms with Gasteiger partial charge in [-0.1, -0.05) is 18.2 Å². The number of nitrogens with zero attached hydrogens (tertiary/aromatic N) is 6. The molecule has 0 radical (unpaired) electrons. The van der Waals surface area contributed by atoms with E-state index in [0.29, 0.717) is 18.8 Å². The third-order valence-corrected chi connectivity index (χ3v) is 4.47. The van der Waals surface area contributed by atoms with E-state index in [4.69, 9.17) is 4.74 Å². The molecule has 8 nitrogen and oxygen atoms in total. The highest BCUT2D eigenvalue weighted by Crippen LogP contribution is 2.16. The zero-order chi connectivity index (χ0) is 18.5. The number of anilines is 1. The van der Waals surface area contributed by atoms with Gasteiger partial charge in [-0.2, -0.15) is 0 Å². The van der Waals surface area contributed by atoms with Gasteiger partial charge in [0.15, 0.2) is 6.61 Å². The Hall–Kier alpha value is -3.42. The Kier molecular flexibility index (Phi) is 4.95. The van der Waals surface area contributed by atoms with Crippen molar-refractivity contribution in [2.75, 3.05) is 37.7 Å². The van der Waals surface area contributed by atoms with Crippen LogP contribution >= 0.6 is 0 Å². The number of para-hydroxylation sites is 1. The fourth-order valence-electron chi connectivity index (χ4n) is 2.98. The molecule has 4 rings (SSSR count). The van der Waals surface area contributed by atoms with Crippen molar-refractivity contribution in [1.29, 1.82) is 0 Å². The van der Waals surface area contributed by atoms with Crippen molar-refractivity contribution in [3.05, 3.63) is 61.4 Å². The van der Waals surface area contributed by atoms with Crippen molar-refractivity contribution in [3.8, 4) is 11.6 Å². The van der Waals surface area contributed by atoms with E-state index in [2.05, 4.69) is 19.9 Å². The number of amides is 1. The molecule has 138 valence electrons. The molecule has 1 saturated heterocycles. The highest BCUT2D eigenvalue weighted by molar-refractivity contribution is 5.78. The molecule has 0 atom stereocenters. The topological polar surface area (TPSA) is 76.4 Å². The molecule has 0 unspecified atom stereocenters. The van der Waals surface area contributed by atoms with Crippen molar-refractivity contribution in [3.63, 3.8) is 0 Å². The third-order valence-electron chi connectivity index (χ3n) is 4.47. The van der Waals surface area contributed by atoms with Crippen molar-refractivity contribution in [2.45, 2.75) is 0 Å². The van der Waals surface area contributed by atoms with Crippen LogP contribution < -0.4 is 9.64 Å². The molecule has 1 fully saturated rings. The lowest BCUT2D eigenvalue weighted by Gasteiger charge is -2.35. The SMILES string of the molecule is O=C(COc1ccccc1)N1CCN(c2cc(-n3ccnc3)ncn2)CC1. The van der Waals surface area contributed by atoms with Crippen molar-refractivity contribution < 1.29 is 9.53 Å². The molecule has 0 bridgehead atoms. The van der Waals surface area contributed by atoms with Gasteiger partial charge in [0.2, 0.25) is 0 Å². The van der Waals surface area contributed by atoms with Gasteiger partial charge in [-0.3, -0.25) is 9.36 Å². The first-order chi connectivity index (χ1) is 13.3. The van der Waals surface area contributed by atoms with Crippen molar-refractivity contribution in [2.24, 2.45) is 0 Å². The van der Waals surface area contributed by atoms with Crippen LogP contribution in [0.1, 0.15) is 0 Å². The highest BCUT2D eigenvalue weighted by atomic mass is 16.5. The summed E-state index contributed by atoms with van der Waals surface area (Å²) in [6.45, 7) is 2.78. The van der Waals surface area contributed by atoms with E-state index in [1.54, 1.807) is 18.9 Å². The van der Waals surface area contributed by atoms with Gasteiger partial charge in [-0.15, -0.1) is 0 Å². The molecule has 1 aromatic carbocycles. The highest BCUT2D eigenvalue weighted by Gasteiger charge is 2.22. The number of ether oxygens (including phenoxy) is 1. The number of piperazine rings is 1. The van der Waals surface area contributed by atoms with E-state index in [1.165, 1.54) is 0 Å². The zero-order valence-corrected chi connectivity index (χ0v) is 14.8. The Morgan fingerprint density at radius 3 is 2.56 bits per heavy atom. The summed E-state index contributed by atoms with van der Waals surface area (Å²) in [5.41, 5.74) is 0. The zero-order valence-electron chi connectivity index (χ0n) is 14.8. The Morgan fingerprint density at radius 2 is 1.81 bits per heavy atom. The average Bonchev–Trinajstić information content (AvgIpc) is 3.28. The largest absolute Gasteiger partial charge is 0.484 e. The Bertz CT molecular complexity index is 876. The van der Waals surface area contributed by atoms with E-state index in [0.717, 1.165) is 24.7 Å². The molecule has 2 aromatic heterocycles. The molecule has 3 heterocycles. The monoisotopic (exact) mass is 364 g/mol. The fraction of sp³-hybridized carbons (Fsp3) is 0.263. The van der Waals surface area contributed by atoms with Gasteiger partial charge in [-0.05, 0) is 12.1 Å². The molecule has 0 saturated carbocycles.